The summed E-state index contributed by atoms with van der Waals surface area (Å²) in [5.41, 5.74) is 0.890. The van der Waals surface area contributed by atoms with Gasteiger partial charge in [-0.05, 0) is 24.3 Å². The van der Waals surface area contributed by atoms with Gasteiger partial charge < -0.3 is 15.4 Å². The van der Waals surface area contributed by atoms with Crippen molar-refractivity contribution in [2.24, 2.45) is 0 Å². The number of ether oxygens (including phenoxy) is 1. The molecule has 2 aromatic rings. The number of halogens is 1. The fraction of sp³-hybridized carbons (Fsp3) is 0.143. The van der Waals surface area contributed by atoms with Gasteiger partial charge in [0.05, 0.1) is 17.3 Å². The lowest BCUT2D eigenvalue weighted by atomic mass is 10.2. The van der Waals surface area contributed by atoms with Gasteiger partial charge in [-0.3, -0.25) is 4.79 Å². The number of amides is 1. The average Bonchev–Trinajstić information content (AvgIpc) is 2.49. The number of anilines is 2. The number of hydrogen-bond donors (Lipinski definition) is 2. The first-order valence-electron chi connectivity index (χ1n) is 6.14. The van der Waals surface area contributed by atoms with Gasteiger partial charge in [-0.25, -0.2) is 4.98 Å². The molecule has 0 spiro atoms. The standard InChI is InChI=1S/C14H12ClN3O2/c15-9-5-6-13(17-7-9)18-14(19)12-8-16-10-3-1-2-4-11(10)20-12/h1-7,12,16H,8H2,(H,17,18,19). The van der Waals surface area contributed by atoms with Crippen molar-refractivity contribution in [2.45, 2.75) is 6.10 Å². The minimum absolute atomic E-state index is 0.248. The maximum atomic E-state index is 12.1. The quantitative estimate of drug-likeness (QED) is 0.892. The molecule has 2 N–H and O–H groups in total. The second-order valence-corrected chi connectivity index (χ2v) is 4.77. The molecule has 6 heteroatoms. The van der Waals surface area contributed by atoms with Crippen LogP contribution in [-0.2, 0) is 4.79 Å². The molecule has 1 unspecified atom stereocenters. The van der Waals surface area contributed by atoms with Crippen molar-refractivity contribution >= 4 is 29.0 Å². The van der Waals surface area contributed by atoms with E-state index in [0.717, 1.165) is 5.69 Å². The van der Waals surface area contributed by atoms with Crippen LogP contribution in [0.4, 0.5) is 11.5 Å². The van der Waals surface area contributed by atoms with Crippen molar-refractivity contribution in [2.75, 3.05) is 17.2 Å². The Morgan fingerprint density at radius 3 is 3.00 bits per heavy atom. The van der Waals surface area contributed by atoms with Crippen molar-refractivity contribution in [1.82, 2.24) is 4.98 Å². The highest BCUT2D eigenvalue weighted by molar-refractivity contribution is 6.30. The van der Waals surface area contributed by atoms with Gasteiger partial charge >= 0.3 is 0 Å². The maximum Gasteiger partial charge on any atom is 0.268 e. The first-order chi connectivity index (χ1) is 9.72. The van der Waals surface area contributed by atoms with Crippen molar-refractivity contribution in [3.8, 4) is 5.75 Å². The topological polar surface area (TPSA) is 63.2 Å². The minimum atomic E-state index is -0.595. The van der Waals surface area contributed by atoms with Gasteiger partial charge in [-0.1, -0.05) is 23.7 Å². The molecule has 1 aromatic carbocycles. The molecule has 0 bridgehead atoms. The lowest BCUT2D eigenvalue weighted by Crippen LogP contribution is -2.41. The van der Waals surface area contributed by atoms with Gasteiger partial charge in [0.1, 0.15) is 11.6 Å². The number of para-hydroxylation sites is 2. The maximum absolute atomic E-state index is 12.1. The molecule has 1 atom stereocenters. The second kappa shape index (κ2) is 5.38. The van der Waals surface area contributed by atoms with Gasteiger partial charge in [0.25, 0.3) is 5.91 Å². The molecule has 1 aliphatic heterocycles. The Kier molecular flexibility index (Phi) is 3.43. The van der Waals surface area contributed by atoms with E-state index in [1.54, 1.807) is 12.1 Å². The number of pyridine rings is 1. The first-order valence-corrected chi connectivity index (χ1v) is 6.52. The fourth-order valence-corrected chi connectivity index (χ4v) is 2.03. The van der Waals surface area contributed by atoms with Gasteiger partial charge in [0.15, 0.2) is 6.10 Å². The number of benzene rings is 1. The number of carbonyl (C=O) groups excluding carboxylic acids is 1. The van der Waals surface area contributed by atoms with Crippen molar-refractivity contribution < 1.29 is 9.53 Å². The summed E-state index contributed by atoms with van der Waals surface area (Å²) in [6, 6.07) is 10.8. The largest absolute Gasteiger partial charge is 0.477 e. The van der Waals surface area contributed by atoms with Crippen molar-refractivity contribution in [3.63, 3.8) is 0 Å². The number of nitrogens with one attached hydrogen (secondary N) is 2. The van der Waals surface area contributed by atoms with E-state index in [4.69, 9.17) is 16.3 Å². The third kappa shape index (κ3) is 2.67. The zero-order valence-electron chi connectivity index (χ0n) is 10.5. The predicted molar refractivity (Wildman–Crippen MR) is 77.2 cm³/mol. The summed E-state index contributed by atoms with van der Waals surface area (Å²) in [4.78, 5) is 16.1. The highest BCUT2D eigenvalue weighted by Crippen LogP contribution is 2.28. The minimum Gasteiger partial charge on any atom is -0.477 e. The van der Waals surface area contributed by atoms with E-state index in [1.165, 1.54) is 6.20 Å². The van der Waals surface area contributed by atoms with Crippen LogP contribution in [0.25, 0.3) is 0 Å². The number of carbonyl (C=O) groups is 1. The fourth-order valence-electron chi connectivity index (χ4n) is 1.92. The Morgan fingerprint density at radius 1 is 1.35 bits per heavy atom. The van der Waals surface area contributed by atoms with Crippen LogP contribution in [0, 0.1) is 0 Å². The highest BCUT2D eigenvalue weighted by atomic mass is 35.5. The van der Waals surface area contributed by atoms with Crippen LogP contribution in [0.15, 0.2) is 42.6 Å². The smallest absolute Gasteiger partial charge is 0.268 e. The van der Waals surface area contributed by atoms with Crippen molar-refractivity contribution in [1.29, 1.82) is 0 Å². The van der Waals surface area contributed by atoms with E-state index in [-0.39, 0.29) is 5.91 Å². The molecule has 20 heavy (non-hydrogen) atoms. The molecule has 0 aliphatic carbocycles. The van der Waals surface area contributed by atoms with Gasteiger partial charge in [0, 0.05) is 6.20 Å². The van der Waals surface area contributed by atoms with Gasteiger partial charge in [-0.2, -0.15) is 0 Å². The molecular weight excluding hydrogens is 278 g/mol. The number of hydrogen-bond acceptors (Lipinski definition) is 4. The monoisotopic (exact) mass is 289 g/mol. The molecular formula is C14H12ClN3O2. The van der Waals surface area contributed by atoms with Crippen LogP contribution in [0.1, 0.15) is 0 Å². The third-order valence-corrected chi connectivity index (χ3v) is 3.13. The second-order valence-electron chi connectivity index (χ2n) is 4.33. The molecule has 3 rings (SSSR count). The molecule has 102 valence electrons. The Balaban J connectivity index is 1.68. The van der Waals surface area contributed by atoms with Crippen LogP contribution in [0.2, 0.25) is 5.02 Å². The third-order valence-electron chi connectivity index (χ3n) is 2.91. The van der Waals surface area contributed by atoms with Crippen LogP contribution in [0.3, 0.4) is 0 Å². The zero-order chi connectivity index (χ0) is 13.9. The summed E-state index contributed by atoms with van der Waals surface area (Å²) in [6.45, 7) is 0.413. The van der Waals surface area contributed by atoms with E-state index in [2.05, 4.69) is 15.6 Å². The summed E-state index contributed by atoms with van der Waals surface area (Å²) < 4.78 is 5.66. The zero-order valence-corrected chi connectivity index (χ0v) is 11.2. The van der Waals surface area contributed by atoms with E-state index in [0.29, 0.717) is 23.1 Å². The number of rotatable bonds is 2. The first kappa shape index (κ1) is 12.7. The van der Waals surface area contributed by atoms with Crippen LogP contribution >= 0.6 is 11.6 Å². The highest BCUT2D eigenvalue weighted by Gasteiger charge is 2.25. The van der Waals surface area contributed by atoms with Gasteiger partial charge in [-0.15, -0.1) is 0 Å². The lowest BCUT2D eigenvalue weighted by Gasteiger charge is -2.26. The molecule has 0 radical (unpaired) electrons. The molecule has 1 amide bonds. The molecule has 0 fully saturated rings. The van der Waals surface area contributed by atoms with Gasteiger partial charge in [0.2, 0.25) is 0 Å². The molecule has 1 aromatic heterocycles. The summed E-state index contributed by atoms with van der Waals surface area (Å²) >= 11 is 5.74. The summed E-state index contributed by atoms with van der Waals surface area (Å²) in [7, 11) is 0. The van der Waals surface area contributed by atoms with E-state index in [9.17, 15) is 4.79 Å². The number of nitrogens with zero attached hydrogens (tertiary/aromatic N) is 1. The Morgan fingerprint density at radius 2 is 2.20 bits per heavy atom. The Bertz CT molecular complexity index is 631. The molecule has 2 heterocycles. The summed E-state index contributed by atoms with van der Waals surface area (Å²) in [6.07, 6.45) is 0.884. The van der Waals surface area contributed by atoms with E-state index in [1.807, 2.05) is 24.3 Å². The summed E-state index contributed by atoms with van der Waals surface area (Å²) in [5, 5.41) is 6.38. The lowest BCUT2D eigenvalue weighted by molar-refractivity contribution is -0.122. The predicted octanol–water partition coefficient (Wildman–Crippen LogP) is 2.55. The number of aromatic nitrogens is 1. The Labute approximate surface area is 120 Å². The molecule has 0 saturated carbocycles. The van der Waals surface area contributed by atoms with Crippen LogP contribution < -0.4 is 15.4 Å². The number of fused-ring (bicyclic) bond motifs is 1. The molecule has 1 aliphatic rings. The molecule has 5 nitrogen and oxygen atoms in total. The normalized spacial score (nSPS) is 16.6. The van der Waals surface area contributed by atoms with Crippen LogP contribution in [-0.4, -0.2) is 23.5 Å². The van der Waals surface area contributed by atoms with E-state index < -0.39 is 6.10 Å². The Hall–Kier alpha value is -2.27. The van der Waals surface area contributed by atoms with Crippen molar-refractivity contribution in [3.05, 3.63) is 47.6 Å². The average molecular weight is 290 g/mol. The SMILES string of the molecule is O=C(Nc1ccc(Cl)cn1)C1CNc2ccccc2O1. The van der Waals surface area contributed by atoms with E-state index >= 15 is 0 Å². The molecule has 0 saturated heterocycles. The summed E-state index contributed by atoms with van der Waals surface area (Å²) in [5.74, 6) is 0.867. The van der Waals surface area contributed by atoms with Crippen LogP contribution in [0.5, 0.6) is 5.75 Å².